The molecule has 0 aromatic carbocycles. The molecule has 0 aliphatic carbocycles. The van der Waals surface area contributed by atoms with Crippen LogP contribution in [-0.4, -0.2) is 42.9 Å². The maximum absolute atomic E-state index is 12.5. The Morgan fingerprint density at radius 3 is 2.88 bits per heavy atom. The monoisotopic (exact) mass is 362 g/mol. The van der Waals surface area contributed by atoms with Crippen molar-refractivity contribution < 1.29 is 14.3 Å². The molecular weight excluding hydrogens is 336 g/mol. The fourth-order valence-electron chi connectivity index (χ4n) is 3.10. The van der Waals surface area contributed by atoms with E-state index in [0.717, 1.165) is 47.8 Å². The van der Waals surface area contributed by atoms with Gasteiger partial charge in [-0.05, 0) is 56.7 Å². The van der Waals surface area contributed by atoms with Crippen LogP contribution in [0.5, 0.6) is 0 Å². The van der Waals surface area contributed by atoms with Crippen LogP contribution in [0.2, 0.25) is 0 Å². The molecule has 1 fully saturated rings. The van der Waals surface area contributed by atoms with E-state index in [1.165, 1.54) is 0 Å². The van der Waals surface area contributed by atoms with Crippen LogP contribution in [0.4, 0.5) is 0 Å². The summed E-state index contributed by atoms with van der Waals surface area (Å²) in [5.74, 6) is -0.0251. The van der Waals surface area contributed by atoms with Crippen LogP contribution in [0.25, 0.3) is 5.00 Å². The Morgan fingerprint density at radius 1 is 1.36 bits per heavy atom. The van der Waals surface area contributed by atoms with Crippen molar-refractivity contribution in [3.05, 3.63) is 40.5 Å². The Morgan fingerprint density at radius 2 is 2.16 bits per heavy atom. The number of nitrogens with one attached hydrogen (secondary N) is 1. The number of amides is 1. The molecular formula is C19H26N2O3S. The molecule has 1 N–H and O–H groups in total. The first-order valence-electron chi connectivity index (χ1n) is 8.87. The molecule has 0 spiro atoms. The van der Waals surface area contributed by atoms with Crippen LogP contribution < -0.4 is 5.32 Å². The van der Waals surface area contributed by atoms with Gasteiger partial charge in [-0.2, -0.15) is 0 Å². The number of thiophene rings is 1. The molecule has 0 radical (unpaired) electrons. The molecule has 0 bridgehead atoms. The zero-order valence-electron chi connectivity index (χ0n) is 14.9. The number of aryl methyl sites for hydroxylation is 2. The smallest absolute Gasteiger partial charge is 0.254 e. The minimum absolute atomic E-state index is 0.0251. The average Bonchev–Trinajstić information content (AvgIpc) is 3.32. The molecule has 5 nitrogen and oxygen atoms in total. The second-order valence-electron chi connectivity index (χ2n) is 6.41. The van der Waals surface area contributed by atoms with E-state index < -0.39 is 0 Å². The third kappa shape index (κ3) is 4.51. The molecule has 1 unspecified atom stereocenters. The number of hydrogen-bond donors (Lipinski definition) is 1. The van der Waals surface area contributed by atoms with Crippen molar-refractivity contribution in [1.29, 1.82) is 0 Å². The van der Waals surface area contributed by atoms with Crippen LogP contribution in [0, 0.1) is 13.8 Å². The predicted molar refractivity (Wildman–Crippen MR) is 99.9 cm³/mol. The van der Waals surface area contributed by atoms with E-state index in [4.69, 9.17) is 9.47 Å². The van der Waals surface area contributed by atoms with E-state index in [0.29, 0.717) is 19.8 Å². The highest BCUT2D eigenvalue weighted by Crippen LogP contribution is 2.25. The van der Waals surface area contributed by atoms with Gasteiger partial charge in [-0.25, -0.2) is 0 Å². The number of carbonyl (C=O) groups excluding carboxylic acids is 1. The third-order valence-corrected chi connectivity index (χ3v) is 5.34. The highest BCUT2D eigenvalue weighted by Gasteiger charge is 2.17. The molecule has 1 aliphatic rings. The molecule has 136 valence electrons. The van der Waals surface area contributed by atoms with Crippen molar-refractivity contribution in [2.24, 2.45) is 0 Å². The van der Waals surface area contributed by atoms with Gasteiger partial charge in [0.25, 0.3) is 5.91 Å². The van der Waals surface area contributed by atoms with Crippen LogP contribution in [0.15, 0.2) is 23.6 Å². The first-order valence-corrected chi connectivity index (χ1v) is 9.75. The normalized spacial score (nSPS) is 17.1. The van der Waals surface area contributed by atoms with Gasteiger partial charge in [0.15, 0.2) is 0 Å². The van der Waals surface area contributed by atoms with Gasteiger partial charge in [0.1, 0.15) is 5.00 Å². The van der Waals surface area contributed by atoms with Crippen molar-refractivity contribution in [1.82, 2.24) is 9.88 Å². The number of rotatable bonds is 8. The third-order valence-electron chi connectivity index (χ3n) is 4.44. The van der Waals surface area contributed by atoms with E-state index >= 15 is 0 Å². The topological polar surface area (TPSA) is 52.5 Å². The standard InChI is InChI=1S/C19H26N2O3S/c1-14-6-7-15(2)21(14)19-17(8-12-25-19)18(22)20-9-4-10-23-13-16-5-3-11-24-16/h6-8,12,16H,3-5,9-11,13H2,1-2H3,(H,20,22). The Labute approximate surface area is 152 Å². The van der Waals surface area contributed by atoms with Crippen molar-refractivity contribution in [3.8, 4) is 5.00 Å². The highest BCUT2D eigenvalue weighted by molar-refractivity contribution is 7.13. The molecule has 25 heavy (non-hydrogen) atoms. The molecule has 1 atom stereocenters. The van der Waals surface area contributed by atoms with Crippen molar-refractivity contribution >= 4 is 17.2 Å². The lowest BCUT2D eigenvalue weighted by molar-refractivity contribution is 0.0166. The highest BCUT2D eigenvalue weighted by atomic mass is 32.1. The van der Waals surface area contributed by atoms with Gasteiger partial charge in [0.05, 0.1) is 18.3 Å². The summed E-state index contributed by atoms with van der Waals surface area (Å²) < 4.78 is 13.3. The van der Waals surface area contributed by atoms with Crippen LogP contribution >= 0.6 is 11.3 Å². The number of nitrogens with zero attached hydrogens (tertiary/aromatic N) is 1. The lowest BCUT2D eigenvalue weighted by atomic mass is 10.2. The molecule has 1 amide bonds. The summed E-state index contributed by atoms with van der Waals surface area (Å²) >= 11 is 1.59. The van der Waals surface area contributed by atoms with E-state index in [-0.39, 0.29) is 12.0 Å². The van der Waals surface area contributed by atoms with E-state index in [1.54, 1.807) is 11.3 Å². The first kappa shape index (κ1) is 18.2. The maximum atomic E-state index is 12.5. The van der Waals surface area contributed by atoms with Crippen molar-refractivity contribution in [2.75, 3.05) is 26.4 Å². The minimum Gasteiger partial charge on any atom is -0.379 e. The zero-order valence-corrected chi connectivity index (χ0v) is 15.7. The van der Waals surface area contributed by atoms with Gasteiger partial charge < -0.3 is 19.4 Å². The van der Waals surface area contributed by atoms with Crippen LogP contribution in [0.1, 0.15) is 41.0 Å². The van der Waals surface area contributed by atoms with Gasteiger partial charge >= 0.3 is 0 Å². The number of ether oxygens (including phenoxy) is 2. The van der Waals surface area contributed by atoms with E-state index in [1.807, 2.05) is 11.4 Å². The molecule has 2 aromatic heterocycles. The summed E-state index contributed by atoms with van der Waals surface area (Å²) in [6.45, 7) is 6.89. The average molecular weight is 362 g/mol. The summed E-state index contributed by atoms with van der Waals surface area (Å²) in [4.78, 5) is 12.5. The quantitative estimate of drug-likeness (QED) is 0.732. The van der Waals surface area contributed by atoms with Gasteiger partial charge in [-0.15, -0.1) is 11.3 Å². The maximum Gasteiger partial charge on any atom is 0.254 e. The SMILES string of the molecule is Cc1ccc(C)n1-c1sccc1C(=O)NCCCOCC1CCCO1. The predicted octanol–water partition coefficient (Wildman–Crippen LogP) is 3.47. The Hall–Kier alpha value is -1.63. The van der Waals surface area contributed by atoms with Crippen LogP contribution in [0.3, 0.4) is 0 Å². The molecule has 1 aliphatic heterocycles. The number of aromatic nitrogens is 1. The lowest BCUT2D eigenvalue weighted by Crippen LogP contribution is -2.26. The van der Waals surface area contributed by atoms with Gasteiger partial charge in [-0.3, -0.25) is 4.79 Å². The largest absolute Gasteiger partial charge is 0.379 e. The van der Waals surface area contributed by atoms with Crippen molar-refractivity contribution in [2.45, 2.75) is 39.2 Å². The van der Waals surface area contributed by atoms with Crippen LogP contribution in [-0.2, 0) is 9.47 Å². The summed E-state index contributed by atoms with van der Waals surface area (Å²) in [5.41, 5.74) is 3.00. The Balaban J connectivity index is 1.45. The minimum atomic E-state index is -0.0251. The molecule has 3 rings (SSSR count). The summed E-state index contributed by atoms with van der Waals surface area (Å²) in [6.07, 6.45) is 3.29. The Bertz CT molecular complexity index is 682. The molecule has 3 heterocycles. The second kappa shape index (κ2) is 8.65. The van der Waals surface area contributed by atoms with Gasteiger partial charge in [0, 0.05) is 31.1 Å². The number of hydrogen-bond acceptors (Lipinski definition) is 4. The lowest BCUT2D eigenvalue weighted by Gasteiger charge is -2.11. The summed E-state index contributed by atoms with van der Waals surface area (Å²) in [7, 11) is 0. The van der Waals surface area contributed by atoms with Crippen molar-refractivity contribution in [3.63, 3.8) is 0 Å². The fourth-order valence-corrected chi connectivity index (χ4v) is 4.11. The summed E-state index contributed by atoms with van der Waals surface area (Å²) in [6, 6.07) is 6.03. The van der Waals surface area contributed by atoms with Gasteiger partial charge in [-0.1, -0.05) is 0 Å². The molecule has 6 heteroatoms. The Kier molecular flexibility index (Phi) is 6.29. The zero-order chi connectivity index (χ0) is 17.6. The summed E-state index contributed by atoms with van der Waals surface area (Å²) in [5, 5.41) is 5.94. The van der Waals surface area contributed by atoms with Gasteiger partial charge in [0.2, 0.25) is 0 Å². The molecule has 1 saturated heterocycles. The van der Waals surface area contributed by atoms with E-state index in [9.17, 15) is 4.79 Å². The first-order chi connectivity index (χ1) is 12.2. The second-order valence-corrected chi connectivity index (χ2v) is 7.30. The molecule has 2 aromatic rings. The number of carbonyl (C=O) groups is 1. The molecule has 0 saturated carbocycles. The van der Waals surface area contributed by atoms with E-state index in [2.05, 4.69) is 35.9 Å². The fraction of sp³-hybridized carbons (Fsp3) is 0.526.